The zero-order valence-corrected chi connectivity index (χ0v) is 15.1. The van der Waals surface area contributed by atoms with Crippen LogP contribution in [0.1, 0.15) is 24.1 Å². The number of alkyl carbamates (subject to hydrolysis) is 1. The molecule has 0 bridgehead atoms. The summed E-state index contributed by atoms with van der Waals surface area (Å²) in [7, 11) is 0. The first kappa shape index (κ1) is 18.5. The van der Waals surface area contributed by atoms with Crippen LogP contribution in [-0.2, 0) is 16.1 Å². The van der Waals surface area contributed by atoms with E-state index in [0.717, 1.165) is 21.9 Å². The summed E-state index contributed by atoms with van der Waals surface area (Å²) in [5.74, 6) is -0.271. The fourth-order valence-electron chi connectivity index (χ4n) is 2.92. The number of benzene rings is 3. The second-order valence-electron chi connectivity index (χ2n) is 6.27. The van der Waals surface area contributed by atoms with E-state index in [1.807, 2.05) is 79.7 Å². The van der Waals surface area contributed by atoms with Gasteiger partial charge in [-0.1, -0.05) is 72.8 Å². The number of ether oxygens (including phenoxy) is 1. The molecule has 3 rings (SSSR count). The van der Waals surface area contributed by atoms with Crippen LogP contribution in [0, 0.1) is 0 Å². The number of fused-ring (bicyclic) bond motifs is 1. The van der Waals surface area contributed by atoms with Gasteiger partial charge < -0.3 is 15.4 Å². The normalized spacial score (nSPS) is 11.6. The van der Waals surface area contributed by atoms with Gasteiger partial charge in [0.2, 0.25) is 5.91 Å². The third-order valence-electron chi connectivity index (χ3n) is 4.27. The quantitative estimate of drug-likeness (QED) is 0.698. The van der Waals surface area contributed by atoms with Gasteiger partial charge in [-0.15, -0.1) is 0 Å². The molecule has 5 nitrogen and oxygen atoms in total. The SMILES string of the molecule is CC(NC(=O)CNC(=O)OCc1ccccc1)c1cccc2ccccc12. The van der Waals surface area contributed by atoms with Crippen molar-refractivity contribution < 1.29 is 14.3 Å². The van der Waals surface area contributed by atoms with Gasteiger partial charge >= 0.3 is 6.09 Å². The van der Waals surface area contributed by atoms with Crippen molar-refractivity contribution in [1.82, 2.24) is 10.6 Å². The Morgan fingerprint density at radius 1 is 0.926 bits per heavy atom. The summed E-state index contributed by atoms with van der Waals surface area (Å²) in [5, 5.41) is 7.61. The molecule has 3 aromatic rings. The van der Waals surface area contributed by atoms with Crippen molar-refractivity contribution in [2.75, 3.05) is 6.54 Å². The summed E-state index contributed by atoms with van der Waals surface area (Å²) in [6.45, 7) is 1.96. The topological polar surface area (TPSA) is 67.4 Å². The van der Waals surface area contributed by atoms with Crippen LogP contribution in [0.2, 0.25) is 0 Å². The number of nitrogens with one attached hydrogen (secondary N) is 2. The molecular formula is C22H22N2O3. The Morgan fingerprint density at radius 2 is 1.63 bits per heavy atom. The number of hydrogen-bond donors (Lipinski definition) is 2. The van der Waals surface area contributed by atoms with E-state index < -0.39 is 6.09 Å². The van der Waals surface area contributed by atoms with E-state index in [2.05, 4.69) is 10.6 Å². The van der Waals surface area contributed by atoms with Gasteiger partial charge in [0.25, 0.3) is 0 Å². The lowest BCUT2D eigenvalue weighted by Crippen LogP contribution is -2.38. The lowest BCUT2D eigenvalue weighted by atomic mass is 10.00. The highest BCUT2D eigenvalue weighted by molar-refractivity contribution is 5.87. The zero-order chi connectivity index (χ0) is 19.1. The highest BCUT2D eigenvalue weighted by Crippen LogP contribution is 2.23. The Labute approximate surface area is 158 Å². The molecule has 2 amide bonds. The largest absolute Gasteiger partial charge is 0.445 e. The van der Waals surface area contributed by atoms with Gasteiger partial charge in [-0.25, -0.2) is 4.79 Å². The van der Waals surface area contributed by atoms with Gasteiger partial charge in [0, 0.05) is 0 Å². The van der Waals surface area contributed by atoms with Crippen LogP contribution < -0.4 is 10.6 Å². The van der Waals surface area contributed by atoms with E-state index in [-0.39, 0.29) is 25.1 Å². The minimum absolute atomic E-state index is 0.136. The van der Waals surface area contributed by atoms with Crippen LogP contribution in [0.15, 0.2) is 72.8 Å². The summed E-state index contributed by atoms with van der Waals surface area (Å²) in [6.07, 6.45) is -0.619. The molecular weight excluding hydrogens is 340 g/mol. The third-order valence-corrected chi connectivity index (χ3v) is 4.27. The first-order valence-corrected chi connectivity index (χ1v) is 8.85. The predicted molar refractivity (Wildman–Crippen MR) is 105 cm³/mol. The second-order valence-corrected chi connectivity index (χ2v) is 6.27. The molecule has 1 unspecified atom stereocenters. The standard InChI is InChI=1S/C22H22N2O3/c1-16(19-13-7-11-18-10-5-6-12-20(18)19)24-21(25)14-23-22(26)27-15-17-8-3-2-4-9-17/h2-13,16H,14-15H2,1H3,(H,23,26)(H,24,25). The Morgan fingerprint density at radius 3 is 2.44 bits per heavy atom. The van der Waals surface area contributed by atoms with Crippen molar-refractivity contribution >= 4 is 22.8 Å². The Kier molecular flexibility index (Phi) is 6.05. The minimum Gasteiger partial charge on any atom is -0.445 e. The molecule has 0 radical (unpaired) electrons. The molecule has 0 saturated heterocycles. The molecule has 1 atom stereocenters. The fourth-order valence-corrected chi connectivity index (χ4v) is 2.92. The van der Waals surface area contributed by atoms with Gasteiger partial charge in [-0.3, -0.25) is 4.79 Å². The number of hydrogen-bond acceptors (Lipinski definition) is 3. The Bertz CT molecular complexity index is 920. The lowest BCUT2D eigenvalue weighted by Gasteiger charge is -2.17. The number of carbonyl (C=O) groups excluding carboxylic acids is 2. The third kappa shape index (κ3) is 5.07. The van der Waals surface area contributed by atoms with Gasteiger partial charge in [0.15, 0.2) is 0 Å². The van der Waals surface area contributed by atoms with Gasteiger partial charge in [0.05, 0.1) is 6.04 Å². The average Bonchev–Trinajstić information content (AvgIpc) is 2.71. The van der Waals surface area contributed by atoms with Gasteiger partial charge in [-0.05, 0) is 28.8 Å². The van der Waals surface area contributed by atoms with Crippen LogP contribution in [0.5, 0.6) is 0 Å². The van der Waals surface area contributed by atoms with Gasteiger partial charge in [0.1, 0.15) is 13.2 Å². The summed E-state index contributed by atoms with van der Waals surface area (Å²) in [6, 6.07) is 23.2. The molecule has 0 aliphatic heterocycles. The molecule has 0 aliphatic carbocycles. The Balaban J connectivity index is 1.49. The van der Waals surface area contributed by atoms with Crippen molar-refractivity contribution in [3.63, 3.8) is 0 Å². The molecule has 0 aliphatic rings. The first-order valence-electron chi connectivity index (χ1n) is 8.85. The van der Waals surface area contributed by atoms with Crippen molar-refractivity contribution in [3.8, 4) is 0 Å². The molecule has 2 N–H and O–H groups in total. The van der Waals surface area contributed by atoms with E-state index in [1.165, 1.54) is 0 Å². The molecule has 0 saturated carbocycles. The van der Waals surface area contributed by atoms with Crippen molar-refractivity contribution in [3.05, 3.63) is 83.9 Å². The van der Waals surface area contributed by atoms with Crippen LogP contribution in [0.25, 0.3) is 10.8 Å². The smallest absolute Gasteiger partial charge is 0.407 e. The second kappa shape index (κ2) is 8.85. The molecule has 138 valence electrons. The molecule has 5 heteroatoms. The highest BCUT2D eigenvalue weighted by atomic mass is 16.5. The minimum atomic E-state index is -0.619. The van der Waals surface area contributed by atoms with Gasteiger partial charge in [-0.2, -0.15) is 0 Å². The Hall–Kier alpha value is -3.34. The number of amides is 2. The molecule has 0 fully saturated rings. The molecule has 0 aromatic heterocycles. The van der Waals surface area contributed by atoms with E-state index in [0.29, 0.717) is 0 Å². The molecule has 27 heavy (non-hydrogen) atoms. The summed E-state index contributed by atoms with van der Waals surface area (Å²) < 4.78 is 5.10. The van der Waals surface area contributed by atoms with Crippen LogP contribution >= 0.6 is 0 Å². The summed E-state index contributed by atoms with van der Waals surface area (Å²) >= 11 is 0. The summed E-state index contributed by atoms with van der Waals surface area (Å²) in [4.78, 5) is 23.9. The number of rotatable bonds is 6. The fraction of sp³-hybridized carbons (Fsp3) is 0.182. The van der Waals surface area contributed by atoms with Crippen LogP contribution in [-0.4, -0.2) is 18.5 Å². The average molecular weight is 362 g/mol. The van der Waals surface area contributed by atoms with Crippen LogP contribution in [0.4, 0.5) is 4.79 Å². The van der Waals surface area contributed by atoms with Crippen molar-refractivity contribution in [1.29, 1.82) is 0 Å². The molecule has 0 heterocycles. The maximum atomic E-state index is 12.2. The van der Waals surface area contributed by atoms with E-state index in [9.17, 15) is 9.59 Å². The maximum Gasteiger partial charge on any atom is 0.407 e. The zero-order valence-electron chi connectivity index (χ0n) is 15.1. The monoisotopic (exact) mass is 362 g/mol. The van der Waals surface area contributed by atoms with Crippen molar-refractivity contribution in [2.24, 2.45) is 0 Å². The van der Waals surface area contributed by atoms with E-state index >= 15 is 0 Å². The lowest BCUT2D eigenvalue weighted by molar-refractivity contribution is -0.120. The predicted octanol–water partition coefficient (Wildman–Crippen LogP) is 3.94. The highest BCUT2D eigenvalue weighted by Gasteiger charge is 2.13. The molecule has 0 spiro atoms. The van der Waals surface area contributed by atoms with E-state index in [1.54, 1.807) is 0 Å². The maximum absolute atomic E-state index is 12.2. The molecule has 3 aromatic carbocycles. The number of carbonyl (C=O) groups is 2. The van der Waals surface area contributed by atoms with Crippen molar-refractivity contribution in [2.45, 2.75) is 19.6 Å². The first-order chi connectivity index (χ1) is 13.1. The van der Waals surface area contributed by atoms with E-state index in [4.69, 9.17) is 4.74 Å². The summed E-state index contributed by atoms with van der Waals surface area (Å²) in [5.41, 5.74) is 1.93. The van der Waals surface area contributed by atoms with Crippen LogP contribution in [0.3, 0.4) is 0 Å².